The van der Waals surface area contributed by atoms with E-state index in [0.29, 0.717) is 19.4 Å². The van der Waals surface area contributed by atoms with Gasteiger partial charge in [0, 0.05) is 12.8 Å². The van der Waals surface area contributed by atoms with Crippen molar-refractivity contribution in [2.75, 3.05) is 13.2 Å². The zero-order chi connectivity index (χ0) is 62.0. The van der Waals surface area contributed by atoms with Crippen LogP contribution in [0.4, 0.5) is 0 Å². The van der Waals surface area contributed by atoms with Gasteiger partial charge >= 0.3 is 5.97 Å². The number of amides is 1. The molecule has 0 aliphatic rings. The van der Waals surface area contributed by atoms with Gasteiger partial charge in [0.2, 0.25) is 5.91 Å². The van der Waals surface area contributed by atoms with Crippen LogP contribution >= 0.6 is 0 Å². The van der Waals surface area contributed by atoms with Crippen LogP contribution in [0.3, 0.4) is 0 Å². The summed E-state index contributed by atoms with van der Waals surface area (Å²) in [6.45, 7) is 4.92. The smallest absolute Gasteiger partial charge is 0.305 e. The average Bonchev–Trinajstić information content (AvgIpc) is 3.61. The number of hydrogen-bond acceptors (Lipinski definition) is 5. The molecule has 0 aliphatic carbocycles. The second kappa shape index (κ2) is 75.8. The predicted octanol–water partition coefficient (Wildman–Crippen LogP) is 26.0. The van der Waals surface area contributed by atoms with Crippen LogP contribution in [-0.4, -0.2) is 47.4 Å². The largest absolute Gasteiger partial charge is 0.466 e. The first-order chi connectivity index (χ1) is 42.5. The van der Waals surface area contributed by atoms with Crippen molar-refractivity contribution in [3.8, 4) is 0 Å². The van der Waals surface area contributed by atoms with E-state index in [-0.39, 0.29) is 18.5 Å². The standard InChI is InChI=1S/C80H155NO5/c1-3-5-7-9-11-13-15-16-17-18-19-20-34-37-40-43-46-49-53-56-60-64-68-72-78(83)77(76-82)81-79(84)73-69-65-61-57-54-50-47-44-41-38-35-32-30-28-26-24-22-21-23-25-27-29-31-33-36-39-42-45-48-51-55-59-63-67-71-75-86-80(85)74-70-66-62-58-52-14-12-10-8-6-4-2/h10,12,68,72,77-78,82-83H,3-9,11,13-67,69-71,73-76H2,1-2H3,(H,81,84)/b12-10-,72-68+. The number of esters is 1. The highest BCUT2D eigenvalue weighted by Gasteiger charge is 2.18. The molecule has 0 saturated heterocycles. The molecule has 0 saturated carbocycles. The first-order valence-corrected chi connectivity index (χ1v) is 39.6. The van der Waals surface area contributed by atoms with Gasteiger partial charge in [-0.2, -0.15) is 0 Å². The van der Waals surface area contributed by atoms with Crippen LogP contribution in [0.1, 0.15) is 450 Å². The number of rotatable bonds is 75. The van der Waals surface area contributed by atoms with Crippen molar-refractivity contribution in [2.24, 2.45) is 0 Å². The number of allylic oxidation sites excluding steroid dienone is 3. The summed E-state index contributed by atoms with van der Waals surface area (Å²) in [6.07, 6.45) is 97.4. The minimum atomic E-state index is -0.842. The lowest BCUT2D eigenvalue weighted by Gasteiger charge is -2.20. The molecular weight excluding hydrogens is 1050 g/mol. The fourth-order valence-electron chi connectivity index (χ4n) is 12.7. The molecule has 2 atom stereocenters. The second-order valence-electron chi connectivity index (χ2n) is 27.4. The van der Waals surface area contributed by atoms with E-state index >= 15 is 0 Å². The fraction of sp³-hybridized carbons (Fsp3) is 0.925. The summed E-state index contributed by atoms with van der Waals surface area (Å²) >= 11 is 0. The molecule has 0 aromatic heterocycles. The number of carbonyl (C=O) groups is 2. The maximum Gasteiger partial charge on any atom is 0.305 e. The van der Waals surface area contributed by atoms with Crippen molar-refractivity contribution in [2.45, 2.75) is 463 Å². The number of aliphatic hydroxyl groups excluding tert-OH is 2. The molecule has 0 aliphatic heterocycles. The second-order valence-corrected chi connectivity index (χ2v) is 27.4. The highest BCUT2D eigenvalue weighted by molar-refractivity contribution is 5.76. The van der Waals surface area contributed by atoms with E-state index in [1.807, 2.05) is 6.08 Å². The number of carbonyl (C=O) groups excluding carboxylic acids is 2. The van der Waals surface area contributed by atoms with Crippen LogP contribution in [0.5, 0.6) is 0 Å². The third-order valence-corrected chi connectivity index (χ3v) is 18.7. The Balaban J connectivity index is 3.34. The molecule has 0 rings (SSSR count). The van der Waals surface area contributed by atoms with Crippen molar-refractivity contribution in [3.05, 3.63) is 24.3 Å². The van der Waals surface area contributed by atoms with Gasteiger partial charge in [-0.1, -0.05) is 411 Å². The maximum absolute atomic E-state index is 12.6. The third-order valence-electron chi connectivity index (χ3n) is 18.7. The van der Waals surface area contributed by atoms with E-state index in [4.69, 9.17) is 4.74 Å². The Bertz CT molecular complexity index is 1350. The summed E-state index contributed by atoms with van der Waals surface area (Å²) in [7, 11) is 0. The van der Waals surface area contributed by atoms with Crippen LogP contribution in [0.25, 0.3) is 0 Å². The highest BCUT2D eigenvalue weighted by atomic mass is 16.5. The van der Waals surface area contributed by atoms with E-state index in [2.05, 4.69) is 31.3 Å². The molecule has 0 aromatic rings. The fourth-order valence-corrected chi connectivity index (χ4v) is 12.7. The Labute approximate surface area is 539 Å². The van der Waals surface area contributed by atoms with E-state index in [1.54, 1.807) is 6.08 Å². The molecular formula is C80H155NO5. The summed E-state index contributed by atoms with van der Waals surface area (Å²) in [5.41, 5.74) is 0. The number of aliphatic hydroxyl groups is 2. The molecule has 0 spiro atoms. The molecule has 6 nitrogen and oxygen atoms in total. The number of ether oxygens (including phenoxy) is 1. The SMILES string of the molecule is CCCC/C=C\CCCCCCCC(=O)OCCCCCCCCCCCCCCCCCCCCCCCCCCCCCCCCCCCCCC(=O)NC(CO)C(O)/C=C/CCCCCCCCCCCCCCCCCCCCCCC. The van der Waals surface area contributed by atoms with Crippen LogP contribution < -0.4 is 5.32 Å². The molecule has 0 bridgehead atoms. The van der Waals surface area contributed by atoms with E-state index in [9.17, 15) is 19.8 Å². The van der Waals surface area contributed by atoms with Crippen LogP contribution in [-0.2, 0) is 14.3 Å². The normalized spacial score (nSPS) is 12.6. The molecule has 86 heavy (non-hydrogen) atoms. The lowest BCUT2D eigenvalue weighted by molar-refractivity contribution is -0.143. The predicted molar refractivity (Wildman–Crippen MR) is 380 cm³/mol. The van der Waals surface area contributed by atoms with E-state index < -0.39 is 12.1 Å². The lowest BCUT2D eigenvalue weighted by Crippen LogP contribution is -2.45. The molecule has 3 N–H and O–H groups in total. The summed E-state index contributed by atoms with van der Waals surface area (Å²) < 4.78 is 5.47. The summed E-state index contributed by atoms with van der Waals surface area (Å²) in [5, 5.41) is 23.3. The van der Waals surface area contributed by atoms with Crippen molar-refractivity contribution in [3.63, 3.8) is 0 Å². The van der Waals surface area contributed by atoms with Crippen LogP contribution in [0, 0.1) is 0 Å². The minimum absolute atomic E-state index is 0.0120. The maximum atomic E-state index is 12.6. The Morgan fingerprint density at radius 3 is 0.860 bits per heavy atom. The van der Waals surface area contributed by atoms with Crippen LogP contribution in [0.15, 0.2) is 24.3 Å². The van der Waals surface area contributed by atoms with Gasteiger partial charge in [-0.15, -0.1) is 0 Å². The molecule has 510 valence electrons. The first kappa shape index (κ1) is 84.3. The zero-order valence-electron chi connectivity index (χ0n) is 58.6. The van der Waals surface area contributed by atoms with Gasteiger partial charge < -0.3 is 20.3 Å². The Hall–Kier alpha value is -1.66. The number of unbranched alkanes of at least 4 members (excludes halogenated alkanes) is 62. The van der Waals surface area contributed by atoms with Gasteiger partial charge in [-0.3, -0.25) is 9.59 Å². The Kier molecular flexibility index (Phi) is 74.3. The zero-order valence-corrected chi connectivity index (χ0v) is 58.6. The topological polar surface area (TPSA) is 95.9 Å². The Morgan fingerprint density at radius 2 is 0.558 bits per heavy atom. The molecule has 0 radical (unpaired) electrons. The van der Waals surface area contributed by atoms with Gasteiger partial charge in [0.25, 0.3) is 0 Å². The highest BCUT2D eigenvalue weighted by Crippen LogP contribution is 2.20. The molecule has 0 heterocycles. The molecule has 2 unspecified atom stereocenters. The summed E-state index contributed by atoms with van der Waals surface area (Å²) in [5.74, 6) is -0.0455. The van der Waals surface area contributed by atoms with Gasteiger partial charge in [-0.25, -0.2) is 0 Å². The quantitative estimate of drug-likeness (QED) is 0.0320. The van der Waals surface area contributed by atoms with Crippen molar-refractivity contribution >= 4 is 11.9 Å². The molecule has 6 heteroatoms. The van der Waals surface area contributed by atoms with Gasteiger partial charge in [0.1, 0.15) is 0 Å². The lowest BCUT2D eigenvalue weighted by atomic mass is 10.0. The van der Waals surface area contributed by atoms with E-state index in [0.717, 1.165) is 44.9 Å². The molecule has 1 amide bonds. The number of nitrogens with one attached hydrogen (secondary N) is 1. The minimum Gasteiger partial charge on any atom is -0.466 e. The first-order valence-electron chi connectivity index (χ1n) is 39.6. The molecule has 0 fully saturated rings. The summed E-state index contributed by atoms with van der Waals surface area (Å²) in [4.78, 5) is 24.6. The van der Waals surface area contributed by atoms with Crippen molar-refractivity contribution in [1.82, 2.24) is 5.32 Å². The average molecular weight is 1210 g/mol. The van der Waals surface area contributed by atoms with Gasteiger partial charge in [0.05, 0.1) is 25.4 Å². The van der Waals surface area contributed by atoms with Crippen molar-refractivity contribution in [1.29, 1.82) is 0 Å². The molecule has 0 aromatic carbocycles. The Morgan fingerprint density at radius 1 is 0.314 bits per heavy atom. The van der Waals surface area contributed by atoms with Crippen molar-refractivity contribution < 1.29 is 24.5 Å². The van der Waals surface area contributed by atoms with Crippen LogP contribution in [0.2, 0.25) is 0 Å². The third kappa shape index (κ3) is 71.4. The van der Waals surface area contributed by atoms with Gasteiger partial charge in [0.15, 0.2) is 0 Å². The van der Waals surface area contributed by atoms with Gasteiger partial charge in [-0.05, 0) is 51.4 Å². The number of hydrogen-bond donors (Lipinski definition) is 3. The van der Waals surface area contributed by atoms with E-state index in [1.165, 1.54) is 379 Å². The summed E-state index contributed by atoms with van der Waals surface area (Å²) in [6, 6.07) is -0.625. The monoisotopic (exact) mass is 1210 g/mol.